The Morgan fingerprint density at radius 3 is 3.00 bits per heavy atom. The molecular weight excluding hydrogens is 200 g/mol. The van der Waals surface area contributed by atoms with Crippen LogP contribution in [0.3, 0.4) is 0 Å². The van der Waals surface area contributed by atoms with Gasteiger partial charge in [0.1, 0.15) is 10.5 Å². The van der Waals surface area contributed by atoms with Crippen molar-refractivity contribution in [2.24, 2.45) is 0 Å². The molecule has 2 aromatic rings. The van der Waals surface area contributed by atoms with Gasteiger partial charge in [-0.2, -0.15) is 11.3 Å². The van der Waals surface area contributed by atoms with Gasteiger partial charge in [-0.15, -0.1) is 0 Å². The Morgan fingerprint density at radius 1 is 1.54 bits per heavy atom. The fraction of sp³-hybridized carbons (Fsp3) is 0.111. The number of aromatic nitrogens is 2. The third kappa shape index (κ3) is 1.84. The average molecular weight is 208 g/mol. The maximum atomic E-state index is 5.03. The van der Waals surface area contributed by atoms with E-state index >= 15 is 0 Å². The maximum absolute atomic E-state index is 5.03. The van der Waals surface area contributed by atoms with Gasteiger partial charge in [-0.05, 0) is 24.4 Å². The predicted octanol–water partition coefficient (Wildman–Crippen LogP) is 3.18. The Balaban J connectivity index is 2.59. The molecule has 0 atom stereocenters. The van der Waals surface area contributed by atoms with Gasteiger partial charge in [0.05, 0.1) is 0 Å². The van der Waals surface area contributed by atoms with Gasteiger partial charge in [0.2, 0.25) is 0 Å². The van der Waals surface area contributed by atoms with E-state index in [-0.39, 0.29) is 0 Å². The zero-order valence-electron chi connectivity index (χ0n) is 7.07. The average Bonchev–Trinajstić information content (AvgIpc) is 2.53. The van der Waals surface area contributed by atoms with Crippen molar-refractivity contribution >= 4 is 23.6 Å². The molecule has 0 fully saturated rings. The molecule has 0 spiro atoms. The summed E-state index contributed by atoms with van der Waals surface area (Å²) in [6, 6.07) is 3.88. The Morgan fingerprint density at radius 2 is 2.38 bits per heavy atom. The number of hydrogen-bond donors (Lipinski definition) is 1. The molecule has 0 aliphatic carbocycles. The summed E-state index contributed by atoms with van der Waals surface area (Å²) in [5.41, 5.74) is 2.14. The summed E-state index contributed by atoms with van der Waals surface area (Å²) in [7, 11) is 0. The second kappa shape index (κ2) is 3.40. The zero-order valence-corrected chi connectivity index (χ0v) is 8.71. The van der Waals surface area contributed by atoms with Crippen LogP contribution in [0.1, 0.15) is 5.69 Å². The van der Waals surface area contributed by atoms with E-state index in [0.29, 0.717) is 4.64 Å². The Hall–Kier alpha value is -1.00. The van der Waals surface area contributed by atoms with E-state index in [4.69, 9.17) is 12.2 Å². The third-order valence-electron chi connectivity index (χ3n) is 1.67. The molecule has 0 saturated carbocycles. The Kier molecular flexibility index (Phi) is 2.24. The number of thiophene rings is 1. The fourth-order valence-corrected chi connectivity index (χ4v) is 2.02. The molecule has 0 amide bonds. The summed E-state index contributed by atoms with van der Waals surface area (Å²) in [5, 5.41) is 4.07. The molecule has 0 bridgehead atoms. The van der Waals surface area contributed by atoms with Crippen molar-refractivity contribution in [1.82, 2.24) is 9.97 Å². The van der Waals surface area contributed by atoms with Crippen molar-refractivity contribution < 1.29 is 0 Å². The van der Waals surface area contributed by atoms with Crippen LogP contribution in [0, 0.1) is 11.6 Å². The van der Waals surface area contributed by atoms with E-state index in [0.717, 1.165) is 17.1 Å². The Bertz CT molecular complexity index is 457. The van der Waals surface area contributed by atoms with E-state index < -0.39 is 0 Å². The lowest BCUT2D eigenvalue weighted by atomic mass is 10.3. The molecule has 0 radical (unpaired) electrons. The van der Waals surface area contributed by atoms with E-state index in [1.54, 1.807) is 11.3 Å². The van der Waals surface area contributed by atoms with Crippen molar-refractivity contribution in [3.8, 4) is 11.4 Å². The molecule has 1 N–H and O–H groups in total. The first-order valence-corrected chi connectivity index (χ1v) is 5.21. The van der Waals surface area contributed by atoms with Gasteiger partial charge in [-0.25, -0.2) is 4.98 Å². The molecule has 2 heterocycles. The van der Waals surface area contributed by atoms with Crippen LogP contribution in [0.25, 0.3) is 11.4 Å². The topological polar surface area (TPSA) is 28.7 Å². The summed E-state index contributed by atoms with van der Waals surface area (Å²) in [5.74, 6) is 0.853. The lowest BCUT2D eigenvalue weighted by Gasteiger charge is -1.98. The van der Waals surface area contributed by atoms with Gasteiger partial charge < -0.3 is 4.98 Å². The molecule has 13 heavy (non-hydrogen) atoms. The van der Waals surface area contributed by atoms with Crippen molar-refractivity contribution in [3.63, 3.8) is 0 Å². The second-order valence-corrected chi connectivity index (χ2v) is 3.96. The number of aromatic amines is 1. The van der Waals surface area contributed by atoms with Crippen LogP contribution in [-0.2, 0) is 0 Å². The van der Waals surface area contributed by atoms with E-state index in [9.17, 15) is 0 Å². The largest absolute Gasteiger partial charge is 0.343 e. The summed E-state index contributed by atoms with van der Waals surface area (Å²) < 4.78 is 0.637. The van der Waals surface area contributed by atoms with Crippen LogP contribution in [-0.4, -0.2) is 9.97 Å². The molecule has 4 heteroatoms. The summed E-state index contributed by atoms with van der Waals surface area (Å²) >= 11 is 6.69. The first-order chi connectivity index (χ1) is 6.25. The van der Waals surface area contributed by atoms with Gasteiger partial charge >= 0.3 is 0 Å². The van der Waals surface area contributed by atoms with E-state index in [1.807, 2.05) is 29.8 Å². The minimum absolute atomic E-state index is 0.637. The van der Waals surface area contributed by atoms with Gasteiger partial charge in [-0.1, -0.05) is 12.2 Å². The van der Waals surface area contributed by atoms with E-state index in [1.165, 1.54) is 0 Å². The van der Waals surface area contributed by atoms with Crippen LogP contribution in [0.2, 0.25) is 0 Å². The molecule has 2 nitrogen and oxygen atoms in total. The minimum atomic E-state index is 0.637. The highest BCUT2D eigenvalue weighted by Gasteiger charge is 1.99. The quantitative estimate of drug-likeness (QED) is 0.729. The van der Waals surface area contributed by atoms with Crippen molar-refractivity contribution in [2.75, 3.05) is 0 Å². The van der Waals surface area contributed by atoms with Crippen LogP contribution in [0.15, 0.2) is 22.9 Å². The Labute approximate surface area is 85.3 Å². The summed E-state index contributed by atoms with van der Waals surface area (Å²) in [4.78, 5) is 7.42. The molecule has 0 unspecified atom stereocenters. The number of H-pyrrole nitrogens is 1. The smallest absolute Gasteiger partial charge is 0.139 e. The van der Waals surface area contributed by atoms with Crippen LogP contribution < -0.4 is 0 Å². The van der Waals surface area contributed by atoms with Gasteiger partial charge in [-0.3, -0.25) is 0 Å². The van der Waals surface area contributed by atoms with Gasteiger partial charge in [0.25, 0.3) is 0 Å². The number of nitrogens with one attached hydrogen (secondary N) is 1. The SMILES string of the molecule is Cc1cc(=S)nc(-c2ccsc2)[nH]1. The summed E-state index contributed by atoms with van der Waals surface area (Å²) in [6.07, 6.45) is 0. The van der Waals surface area contributed by atoms with Crippen LogP contribution >= 0.6 is 23.6 Å². The lowest BCUT2D eigenvalue weighted by Crippen LogP contribution is -1.90. The molecule has 0 aliphatic rings. The fourth-order valence-electron chi connectivity index (χ4n) is 1.11. The molecule has 2 rings (SSSR count). The molecule has 0 saturated heterocycles. The monoisotopic (exact) mass is 208 g/mol. The normalized spacial score (nSPS) is 10.2. The van der Waals surface area contributed by atoms with Crippen molar-refractivity contribution in [3.05, 3.63) is 33.2 Å². The maximum Gasteiger partial charge on any atom is 0.139 e. The molecule has 2 aromatic heterocycles. The number of rotatable bonds is 1. The van der Waals surface area contributed by atoms with Crippen molar-refractivity contribution in [2.45, 2.75) is 6.92 Å². The zero-order chi connectivity index (χ0) is 9.26. The third-order valence-corrected chi connectivity index (χ3v) is 2.56. The molecule has 0 aliphatic heterocycles. The van der Waals surface area contributed by atoms with Gasteiger partial charge in [0.15, 0.2) is 0 Å². The second-order valence-electron chi connectivity index (χ2n) is 2.76. The lowest BCUT2D eigenvalue weighted by molar-refractivity contribution is 1.10. The highest BCUT2D eigenvalue weighted by Crippen LogP contribution is 2.17. The predicted molar refractivity (Wildman–Crippen MR) is 57.5 cm³/mol. The van der Waals surface area contributed by atoms with Crippen LogP contribution in [0.5, 0.6) is 0 Å². The highest BCUT2D eigenvalue weighted by molar-refractivity contribution is 7.71. The standard InChI is InChI=1S/C9H8N2S2/c1-6-4-8(12)11-9(10-6)7-2-3-13-5-7/h2-5H,1H3,(H,10,11,12). The van der Waals surface area contributed by atoms with Crippen LogP contribution in [0.4, 0.5) is 0 Å². The first-order valence-electron chi connectivity index (χ1n) is 3.86. The molecule has 0 aromatic carbocycles. The highest BCUT2D eigenvalue weighted by atomic mass is 32.1. The number of aryl methyl sites for hydroxylation is 1. The van der Waals surface area contributed by atoms with Gasteiger partial charge in [0, 0.05) is 16.6 Å². The molecule has 66 valence electrons. The first kappa shape index (κ1) is 8.59. The van der Waals surface area contributed by atoms with E-state index in [2.05, 4.69) is 9.97 Å². The number of nitrogens with zero attached hydrogens (tertiary/aromatic N) is 1. The minimum Gasteiger partial charge on any atom is -0.343 e. The number of hydrogen-bond acceptors (Lipinski definition) is 3. The van der Waals surface area contributed by atoms with Crippen molar-refractivity contribution in [1.29, 1.82) is 0 Å². The molecular formula is C9H8N2S2. The summed E-state index contributed by atoms with van der Waals surface area (Å²) in [6.45, 7) is 1.98.